The van der Waals surface area contributed by atoms with Crippen molar-refractivity contribution >= 4 is 21.6 Å². The molecule has 0 saturated heterocycles. The molecule has 2 nitrogen and oxygen atoms in total. The van der Waals surface area contributed by atoms with Crippen LogP contribution in [0.1, 0.15) is 58.6 Å². The van der Waals surface area contributed by atoms with Gasteiger partial charge in [0, 0.05) is 28.8 Å². The van der Waals surface area contributed by atoms with E-state index in [0.717, 1.165) is 17.4 Å². The molecule has 0 amide bonds. The molecule has 2 unspecified atom stereocenters. The summed E-state index contributed by atoms with van der Waals surface area (Å²) in [6.45, 7) is 9.92. The quantitative estimate of drug-likeness (QED) is 0.774. The largest absolute Gasteiger partial charge is 0.369 e. The molecule has 0 saturated carbocycles. The smallest absolute Gasteiger partial charge is 0.0380 e. The van der Waals surface area contributed by atoms with Crippen LogP contribution in [0.25, 0.3) is 0 Å². The zero-order valence-electron chi connectivity index (χ0n) is 12.6. The molecule has 0 bridgehead atoms. The van der Waals surface area contributed by atoms with Crippen molar-refractivity contribution in [3.63, 3.8) is 0 Å². The van der Waals surface area contributed by atoms with E-state index in [1.54, 1.807) is 0 Å². The van der Waals surface area contributed by atoms with E-state index in [4.69, 9.17) is 5.73 Å². The molecule has 2 atom stereocenters. The van der Waals surface area contributed by atoms with E-state index in [1.165, 1.54) is 24.1 Å². The van der Waals surface area contributed by atoms with Crippen LogP contribution in [0.2, 0.25) is 0 Å². The lowest BCUT2D eigenvalue weighted by molar-refractivity contribution is 0.595. The first-order valence-corrected chi connectivity index (χ1v) is 8.12. The van der Waals surface area contributed by atoms with E-state index in [9.17, 15) is 0 Å². The summed E-state index contributed by atoms with van der Waals surface area (Å²) in [5, 5.41) is 0. The molecule has 0 spiro atoms. The minimum absolute atomic E-state index is 0.0658. The van der Waals surface area contributed by atoms with Gasteiger partial charge < -0.3 is 10.6 Å². The summed E-state index contributed by atoms with van der Waals surface area (Å²) in [5.74, 6) is 0. The van der Waals surface area contributed by atoms with Gasteiger partial charge in [0.25, 0.3) is 0 Å². The lowest BCUT2D eigenvalue weighted by Gasteiger charge is -2.31. The third kappa shape index (κ3) is 4.50. The Morgan fingerprint density at radius 2 is 1.95 bits per heavy atom. The fraction of sp³-hybridized carbons (Fsp3) is 0.625. The van der Waals surface area contributed by atoms with Gasteiger partial charge in [-0.1, -0.05) is 42.3 Å². The molecule has 0 aliphatic carbocycles. The number of halogens is 1. The van der Waals surface area contributed by atoms with Gasteiger partial charge in [0.2, 0.25) is 0 Å². The second kappa shape index (κ2) is 7.91. The summed E-state index contributed by atoms with van der Waals surface area (Å²) in [4.78, 5) is 2.50. The van der Waals surface area contributed by atoms with E-state index in [1.807, 2.05) is 6.92 Å². The molecule has 0 aliphatic rings. The van der Waals surface area contributed by atoms with Crippen molar-refractivity contribution in [2.45, 2.75) is 59.0 Å². The molecule has 1 rings (SSSR count). The van der Waals surface area contributed by atoms with Crippen LogP contribution < -0.4 is 10.6 Å². The van der Waals surface area contributed by atoms with Crippen LogP contribution in [0, 0.1) is 0 Å². The maximum absolute atomic E-state index is 5.96. The van der Waals surface area contributed by atoms with Crippen LogP contribution in [-0.4, -0.2) is 12.6 Å². The van der Waals surface area contributed by atoms with Crippen molar-refractivity contribution in [2.24, 2.45) is 5.73 Å². The average Bonchev–Trinajstić information content (AvgIpc) is 2.38. The molecule has 2 N–H and O–H groups in total. The van der Waals surface area contributed by atoms with Gasteiger partial charge in [-0.05, 0) is 44.4 Å². The molecule has 0 radical (unpaired) electrons. The second-order valence-electron chi connectivity index (χ2n) is 5.30. The number of benzene rings is 1. The van der Waals surface area contributed by atoms with Crippen LogP contribution in [0.3, 0.4) is 0 Å². The Balaban J connectivity index is 2.99. The van der Waals surface area contributed by atoms with Gasteiger partial charge in [-0.25, -0.2) is 0 Å². The summed E-state index contributed by atoms with van der Waals surface area (Å²) in [7, 11) is 0. The first-order chi connectivity index (χ1) is 9.01. The highest BCUT2D eigenvalue weighted by atomic mass is 79.9. The molecule has 0 heterocycles. The number of hydrogen-bond acceptors (Lipinski definition) is 2. The Morgan fingerprint density at radius 3 is 2.42 bits per heavy atom. The third-order valence-electron chi connectivity index (χ3n) is 3.68. The summed E-state index contributed by atoms with van der Waals surface area (Å²) < 4.78 is 1.12. The van der Waals surface area contributed by atoms with E-state index in [2.05, 4.69) is 59.8 Å². The molecule has 1 aromatic carbocycles. The molecule has 108 valence electrons. The standard InChI is InChI=1S/C16H27BrN2/c1-5-7-10-19(12(3)6-2)14-8-9-15(13(4)18)16(17)11-14/h8-9,11-13H,5-7,10,18H2,1-4H3. The summed E-state index contributed by atoms with van der Waals surface area (Å²) >= 11 is 3.65. The SMILES string of the molecule is CCCCN(c1ccc(C(C)N)c(Br)c1)C(C)CC. The Bertz CT molecular complexity index is 390. The van der Waals surface area contributed by atoms with Crippen LogP contribution in [-0.2, 0) is 0 Å². The fourth-order valence-electron chi connectivity index (χ4n) is 2.22. The predicted octanol–water partition coefficient (Wildman–Crippen LogP) is 4.87. The Kier molecular flexibility index (Phi) is 6.87. The lowest BCUT2D eigenvalue weighted by atomic mass is 10.1. The van der Waals surface area contributed by atoms with Crippen molar-refractivity contribution in [3.8, 4) is 0 Å². The number of nitrogens with zero attached hydrogens (tertiary/aromatic N) is 1. The topological polar surface area (TPSA) is 29.3 Å². The molecular formula is C16H27BrN2. The van der Waals surface area contributed by atoms with Gasteiger partial charge in [-0.3, -0.25) is 0 Å². The number of anilines is 1. The van der Waals surface area contributed by atoms with Crippen LogP contribution >= 0.6 is 15.9 Å². The summed E-state index contributed by atoms with van der Waals surface area (Å²) in [5.41, 5.74) is 8.42. The molecular weight excluding hydrogens is 300 g/mol. The lowest BCUT2D eigenvalue weighted by Crippen LogP contribution is -2.33. The van der Waals surface area contributed by atoms with E-state index >= 15 is 0 Å². The van der Waals surface area contributed by atoms with Gasteiger partial charge in [0.15, 0.2) is 0 Å². The highest BCUT2D eigenvalue weighted by molar-refractivity contribution is 9.10. The molecule has 0 fully saturated rings. The van der Waals surface area contributed by atoms with Crippen molar-refractivity contribution in [3.05, 3.63) is 28.2 Å². The number of nitrogens with two attached hydrogens (primary N) is 1. The molecule has 0 aromatic heterocycles. The summed E-state index contributed by atoms with van der Waals surface area (Å²) in [6, 6.07) is 7.19. The van der Waals surface area contributed by atoms with Gasteiger partial charge in [-0.2, -0.15) is 0 Å². The van der Waals surface area contributed by atoms with E-state index < -0.39 is 0 Å². The van der Waals surface area contributed by atoms with Crippen LogP contribution in [0.4, 0.5) is 5.69 Å². The first kappa shape index (κ1) is 16.5. The number of rotatable bonds is 7. The van der Waals surface area contributed by atoms with Crippen LogP contribution in [0.15, 0.2) is 22.7 Å². The zero-order chi connectivity index (χ0) is 14.4. The molecule has 19 heavy (non-hydrogen) atoms. The van der Waals surface area contributed by atoms with E-state index in [0.29, 0.717) is 6.04 Å². The fourth-order valence-corrected chi connectivity index (χ4v) is 2.94. The molecule has 3 heteroatoms. The molecule has 0 aliphatic heterocycles. The van der Waals surface area contributed by atoms with Gasteiger partial charge in [-0.15, -0.1) is 0 Å². The second-order valence-corrected chi connectivity index (χ2v) is 6.15. The van der Waals surface area contributed by atoms with Crippen molar-refractivity contribution in [1.82, 2.24) is 0 Å². The Hall–Kier alpha value is -0.540. The van der Waals surface area contributed by atoms with Crippen LogP contribution in [0.5, 0.6) is 0 Å². The number of unbranched alkanes of at least 4 members (excludes halogenated alkanes) is 1. The minimum Gasteiger partial charge on any atom is -0.369 e. The Labute approximate surface area is 126 Å². The minimum atomic E-state index is 0.0658. The van der Waals surface area contributed by atoms with Gasteiger partial charge in [0.1, 0.15) is 0 Å². The normalized spacial score (nSPS) is 14.2. The Morgan fingerprint density at radius 1 is 1.26 bits per heavy atom. The van der Waals surface area contributed by atoms with Crippen molar-refractivity contribution < 1.29 is 0 Å². The first-order valence-electron chi connectivity index (χ1n) is 7.32. The highest BCUT2D eigenvalue weighted by Crippen LogP contribution is 2.29. The van der Waals surface area contributed by atoms with Gasteiger partial charge >= 0.3 is 0 Å². The number of hydrogen-bond donors (Lipinski definition) is 1. The van der Waals surface area contributed by atoms with Crippen molar-refractivity contribution in [2.75, 3.05) is 11.4 Å². The third-order valence-corrected chi connectivity index (χ3v) is 4.37. The maximum Gasteiger partial charge on any atom is 0.0380 e. The van der Waals surface area contributed by atoms with E-state index in [-0.39, 0.29) is 6.04 Å². The zero-order valence-corrected chi connectivity index (χ0v) is 14.2. The monoisotopic (exact) mass is 326 g/mol. The van der Waals surface area contributed by atoms with Gasteiger partial charge in [0.05, 0.1) is 0 Å². The average molecular weight is 327 g/mol. The maximum atomic E-state index is 5.96. The van der Waals surface area contributed by atoms with Crippen molar-refractivity contribution in [1.29, 1.82) is 0 Å². The predicted molar refractivity (Wildman–Crippen MR) is 88.8 cm³/mol. The molecule has 1 aromatic rings. The summed E-state index contributed by atoms with van der Waals surface area (Å²) in [6.07, 6.45) is 3.62. The highest BCUT2D eigenvalue weighted by Gasteiger charge is 2.14.